The van der Waals surface area contributed by atoms with E-state index in [0.29, 0.717) is 16.9 Å². The van der Waals surface area contributed by atoms with Crippen LogP contribution in [0.25, 0.3) is 0 Å². The van der Waals surface area contributed by atoms with Crippen molar-refractivity contribution in [2.24, 2.45) is 0 Å². The van der Waals surface area contributed by atoms with Crippen LogP contribution in [-0.4, -0.2) is 17.5 Å². The van der Waals surface area contributed by atoms with Gasteiger partial charge >= 0.3 is 0 Å². The topological polar surface area (TPSA) is 44.0 Å². The van der Waals surface area contributed by atoms with Crippen LogP contribution >= 0.6 is 11.8 Å². The van der Waals surface area contributed by atoms with Crippen molar-refractivity contribution in [3.8, 4) is 6.07 Å². The minimum Gasteiger partial charge on any atom is -0.396 e. The average Bonchev–Trinajstić information content (AvgIpc) is 2.26. The Balaban J connectivity index is 2.52. The molecule has 1 N–H and O–H groups in total. The van der Waals surface area contributed by atoms with Crippen molar-refractivity contribution in [3.63, 3.8) is 0 Å². The summed E-state index contributed by atoms with van der Waals surface area (Å²) in [4.78, 5) is 0. The highest BCUT2D eigenvalue weighted by molar-refractivity contribution is 7.98. The maximum Gasteiger partial charge on any atom is 0.128 e. The largest absolute Gasteiger partial charge is 0.396 e. The second kappa shape index (κ2) is 6.44. The molecule has 15 heavy (non-hydrogen) atoms. The highest BCUT2D eigenvalue weighted by atomic mass is 32.2. The Morgan fingerprint density at radius 1 is 1.47 bits per heavy atom. The minimum atomic E-state index is -0.328. The van der Waals surface area contributed by atoms with Crippen LogP contribution in [0.1, 0.15) is 17.5 Å². The molecule has 0 aliphatic heterocycles. The lowest BCUT2D eigenvalue weighted by atomic mass is 10.1. The van der Waals surface area contributed by atoms with Crippen molar-refractivity contribution in [3.05, 3.63) is 35.1 Å². The molecule has 0 aliphatic rings. The lowest BCUT2D eigenvalue weighted by Gasteiger charge is -2.02. The molecule has 1 rings (SSSR count). The Morgan fingerprint density at radius 2 is 2.27 bits per heavy atom. The fourth-order valence-electron chi connectivity index (χ4n) is 1.08. The van der Waals surface area contributed by atoms with E-state index >= 15 is 0 Å². The fourth-order valence-corrected chi connectivity index (χ4v) is 2.01. The van der Waals surface area contributed by atoms with Crippen molar-refractivity contribution in [2.75, 3.05) is 12.4 Å². The van der Waals surface area contributed by atoms with Gasteiger partial charge in [0.2, 0.25) is 0 Å². The Hall–Kier alpha value is -1.05. The van der Waals surface area contributed by atoms with Crippen molar-refractivity contribution in [2.45, 2.75) is 12.2 Å². The second-order valence-corrected chi connectivity index (χ2v) is 4.15. The summed E-state index contributed by atoms with van der Waals surface area (Å²) >= 11 is 1.58. The van der Waals surface area contributed by atoms with Gasteiger partial charge in [0.1, 0.15) is 5.82 Å². The van der Waals surface area contributed by atoms with Gasteiger partial charge in [-0.15, -0.1) is 0 Å². The molecular formula is C11H12FNOS. The molecule has 0 aromatic heterocycles. The summed E-state index contributed by atoms with van der Waals surface area (Å²) in [5.74, 6) is 1.07. The first-order valence-corrected chi connectivity index (χ1v) is 5.80. The highest BCUT2D eigenvalue weighted by Gasteiger charge is 2.03. The Labute approximate surface area is 92.7 Å². The zero-order chi connectivity index (χ0) is 11.1. The van der Waals surface area contributed by atoms with E-state index in [0.717, 1.165) is 12.2 Å². The van der Waals surface area contributed by atoms with Crippen molar-refractivity contribution in [1.29, 1.82) is 5.26 Å². The third-order valence-electron chi connectivity index (χ3n) is 1.89. The van der Waals surface area contributed by atoms with Crippen LogP contribution in [0, 0.1) is 17.1 Å². The van der Waals surface area contributed by atoms with Gasteiger partial charge in [-0.2, -0.15) is 17.0 Å². The lowest BCUT2D eigenvalue weighted by molar-refractivity contribution is 0.296. The van der Waals surface area contributed by atoms with E-state index in [1.165, 1.54) is 6.07 Å². The first kappa shape index (κ1) is 12.0. The zero-order valence-electron chi connectivity index (χ0n) is 8.24. The first-order valence-electron chi connectivity index (χ1n) is 4.65. The molecule has 0 saturated carbocycles. The molecule has 0 saturated heterocycles. The Bertz CT molecular complexity index is 362. The number of benzene rings is 1. The zero-order valence-corrected chi connectivity index (χ0v) is 9.06. The molecule has 0 atom stereocenters. The summed E-state index contributed by atoms with van der Waals surface area (Å²) in [6.07, 6.45) is 0.725. The van der Waals surface area contributed by atoms with Gasteiger partial charge < -0.3 is 5.11 Å². The van der Waals surface area contributed by atoms with Gasteiger partial charge in [0.25, 0.3) is 0 Å². The Kier molecular flexibility index (Phi) is 5.16. The number of hydrogen-bond acceptors (Lipinski definition) is 3. The summed E-state index contributed by atoms with van der Waals surface area (Å²) in [5.41, 5.74) is 0.952. The predicted molar refractivity (Wildman–Crippen MR) is 59.0 cm³/mol. The molecule has 0 fully saturated rings. The molecule has 1 aromatic rings. The van der Waals surface area contributed by atoms with E-state index in [1.807, 2.05) is 6.07 Å². The smallest absolute Gasteiger partial charge is 0.128 e. The normalized spacial score (nSPS) is 9.93. The molecular weight excluding hydrogens is 213 g/mol. The Morgan fingerprint density at radius 3 is 2.87 bits per heavy atom. The SMILES string of the molecule is N#Cc1ccc(CSCCCO)c(F)c1. The van der Waals surface area contributed by atoms with Gasteiger partial charge in [0.15, 0.2) is 0 Å². The van der Waals surface area contributed by atoms with Gasteiger partial charge in [-0.05, 0) is 29.9 Å². The molecule has 0 radical (unpaired) electrons. The van der Waals surface area contributed by atoms with Crippen LogP contribution in [0.2, 0.25) is 0 Å². The van der Waals surface area contributed by atoms with E-state index in [9.17, 15) is 4.39 Å². The van der Waals surface area contributed by atoms with Crippen LogP contribution in [0.15, 0.2) is 18.2 Å². The number of hydrogen-bond donors (Lipinski definition) is 1. The molecule has 0 bridgehead atoms. The van der Waals surface area contributed by atoms with Crippen LogP contribution in [0.4, 0.5) is 4.39 Å². The van der Waals surface area contributed by atoms with Gasteiger partial charge in [0.05, 0.1) is 11.6 Å². The molecule has 0 aliphatic carbocycles. The van der Waals surface area contributed by atoms with E-state index in [-0.39, 0.29) is 12.4 Å². The molecule has 80 valence electrons. The number of nitrogens with zero attached hydrogens (tertiary/aromatic N) is 1. The maximum absolute atomic E-state index is 13.3. The summed E-state index contributed by atoms with van der Waals surface area (Å²) in [6.45, 7) is 0.169. The monoisotopic (exact) mass is 225 g/mol. The quantitative estimate of drug-likeness (QED) is 0.782. The molecule has 2 nitrogen and oxygen atoms in total. The third-order valence-corrected chi connectivity index (χ3v) is 2.98. The van der Waals surface area contributed by atoms with Crippen molar-refractivity contribution in [1.82, 2.24) is 0 Å². The molecule has 0 unspecified atom stereocenters. The fraction of sp³-hybridized carbons (Fsp3) is 0.364. The highest BCUT2D eigenvalue weighted by Crippen LogP contribution is 2.17. The second-order valence-electron chi connectivity index (χ2n) is 3.05. The third kappa shape index (κ3) is 3.90. The molecule has 1 aromatic carbocycles. The van der Waals surface area contributed by atoms with E-state index in [2.05, 4.69) is 0 Å². The number of aliphatic hydroxyl groups excluding tert-OH is 1. The van der Waals surface area contributed by atoms with Gasteiger partial charge in [-0.25, -0.2) is 4.39 Å². The van der Waals surface area contributed by atoms with Crippen LogP contribution < -0.4 is 0 Å². The van der Waals surface area contributed by atoms with Gasteiger partial charge in [-0.3, -0.25) is 0 Å². The predicted octanol–water partition coefficient (Wildman–Crippen LogP) is 2.31. The van der Waals surface area contributed by atoms with E-state index in [4.69, 9.17) is 10.4 Å². The molecule has 0 heterocycles. The molecule has 0 spiro atoms. The molecule has 0 amide bonds. The number of aliphatic hydroxyl groups is 1. The van der Waals surface area contributed by atoms with E-state index in [1.54, 1.807) is 23.9 Å². The maximum atomic E-state index is 13.3. The lowest BCUT2D eigenvalue weighted by Crippen LogP contribution is -1.91. The van der Waals surface area contributed by atoms with Crippen LogP contribution in [-0.2, 0) is 5.75 Å². The summed E-state index contributed by atoms with van der Waals surface area (Å²) in [7, 11) is 0. The number of rotatable bonds is 5. The van der Waals surface area contributed by atoms with Crippen LogP contribution in [0.3, 0.4) is 0 Å². The standard InChI is InChI=1S/C11H12FNOS/c12-11-6-9(7-13)2-3-10(11)8-15-5-1-4-14/h2-3,6,14H,1,4-5,8H2. The number of nitriles is 1. The van der Waals surface area contributed by atoms with Crippen LogP contribution in [0.5, 0.6) is 0 Å². The summed E-state index contributed by atoms with van der Waals surface area (Å²) < 4.78 is 13.3. The summed E-state index contributed by atoms with van der Waals surface area (Å²) in [6, 6.07) is 6.40. The molecule has 4 heteroatoms. The number of thioether (sulfide) groups is 1. The average molecular weight is 225 g/mol. The van der Waals surface area contributed by atoms with Gasteiger partial charge in [0, 0.05) is 12.4 Å². The van der Waals surface area contributed by atoms with Crippen molar-refractivity contribution >= 4 is 11.8 Å². The van der Waals surface area contributed by atoms with Gasteiger partial charge in [-0.1, -0.05) is 6.07 Å². The van der Waals surface area contributed by atoms with Crippen molar-refractivity contribution < 1.29 is 9.50 Å². The number of halogens is 1. The summed E-state index contributed by atoms with van der Waals surface area (Å²) in [5, 5.41) is 17.1. The first-order chi connectivity index (χ1) is 7.27. The minimum absolute atomic E-state index is 0.169. The van der Waals surface area contributed by atoms with E-state index < -0.39 is 0 Å².